The van der Waals surface area contributed by atoms with Crippen molar-refractivity contribution in [3.63, 3.8) is 0 Å². The van der Waals surface area contributed by atoms with E-state index in [4.69, 9.17) is 14.2 Å². The van der Waals surface area contributed by atoms with Crippen LogP contribution in [0.5, 0.6) is 0 Å². The lowest BCUT2D eigenvalue weighted by Gasteiger charge is -2.18. The van der Waals surface area contributed by atoms with Crippen molar-refractivity contribution in [2.24, 2.45) is 0 Å². The fraction of sp³-hybridized carbons (Fsp3) is 0.661. The minimum Gasteiger partial charge on any atom is -0.462 e. The van der Waals surface area contributed by atoms with Crippen LogP contribution in [0.15, 0.2) is 109 Å². The first-order valence-electron chi connectivity index (χ1n) is 27.9. The number of hydrogen-bond acceptors (Lipinski definition) is 6. The third kappa shape index (κ3) is 53.0. The molecule has 0 aromatic rings. The zero-order valence-corrected chi connectivity index (χ0v) is 44.1. The maximum atomic E-state index is 12.8. The molecule has 0 rings (SSSR count). The Hall–Kier alpha value is -3.93. The Bertz CT molecular complexity index is 1410. The molecule has 68 heavy (non-hydrogen) atoms. The Morgan fingerprint density at radius 2 is 0.574 bits per heavy atom. The molecule has 0 amide bonds. The zero-order valence-electron chi connectivity index (χ0n) is 44.1. The van der Waals surface area contributed by atoms with E-state index in [2.05, 4.69) is 130 Å². The number of allylic oxidation sites excluding steroid dienone is 18. The molecule has 0 saturated heterocycles. The molecule has 0 radical (unpaired) electrons. The van der Waals surface area contributed by atoms with Gasteiger partial charge in [0, 0.05) is 19.3 Å². The van der Waals surface area contributed by atoms with Gasteiger partial charge >= 0.3 is 17.9 Å². The van der Waals surface area contributed by atoms with E-state index in [1.807, 2.05) is 0 Å². The van der Waals surface area contributed by atoms with Crippen LogP contribution in [0.2, 0.25) is 0 Å². The predicted octanol–water partition coefficient (Wildman–Crippen LogP) is 18.7. The SMILES string of the molecule is CC/C=C\C/C=C\C/C=C\C/C=C\C/C=C\CCCCCC(=O)OCC(COC(=O)CCCCCCCCC/C=C\C/C=C\CC)OC(=O)CCCCCCCCC/C=C\C/C=C\CCCCC. The first-order valence-corrected chi connectivity index (χ1v) is 27.9. The number of esters is 3. The van der Waals surface area contributed by atoms with Gasteiger partial charge in [-0.3, -0.25) is 14.4 Å². The molecule has 0 bridgehead atoms. The number of carbonyl (C=O) groups excluding carboxylic acids is 3. The van der Waals surface area contributed by atoms with Crippen molar-refractivity contribution in [1.82, 2.24) is 0 Å². The highest BCUT2D eigenvalue weighted by molar-refractivity contribution is 5.71. The predicted molar refractivity (Wildman–Crippen MR) is 293 cm³/mol. The average molecular weight is 943 g/mol. The number of rotatable bonds is 49. The molecule has 0 aliphatic rings. The van der Waals surface area contributed by atoms with Crippen LogP contribution < -0.4 is 0 Å². The lowest BCUT2D eigenvalue weighted by molar-refractivity contribution is -0.167. The smallest absolute Gasteiger partial charge is 0.306 e. The Kier molecular flexibility index (Phi) is 52.4. The summed E-state index contributed by atoms with van der Waals surface area (Å²) in [6, 6.07) is 0. The van der Waals surface area contributed by atoms with Crippen molar-refractivity contribution in [1.29, 1.82) is 0 Å². The summed E-state index contributed by atoms with van der Waals surface area (Å²) in [5, 5.41) is 0. The molecule has 1 atom stereocenters. The van der Waals surface area contributed by atoms with Crippen molar-refractivity contribution >= 4 is 17.9 Å². The Morgan fingerprint density at radius 1 is 0.309 bits per heavy atom. The van der Waals surface area contributed by atoms with E-state index in [1.54, 1.807) is 0 Å². The fourth-order valence-electron chi connectivity index (χ4n) is 7.36. The summed E-state index contributed by atoms with van der Waals surface area (Å²) in [4.78, 5) is 38.1. The summed E-state index contributed by atoms with van der Waals surface area (Å²) in [6.07, 6.45) is 75.0. The van der Waals surface area contributed by atoms with Crippen LogP contribution in [0.4, 0.5) is 0 Å². The fourth-order valence-corrected chi connectivity index (χ4v) is 7.36. The molecule has 0 aromatic heterocycles. The largest absolute Gasteiger partial charge is 0.462 e. The van der Waals surface area contributed by atoms with Gasteiger partial charge in [-0.25, -0.2) is 0 Å². The van der Waals surface area contributed by atoms with Gasteiger partial charge in [0.1, 0.15) is 13.2 Å². The van der Waals surface area contributed by atoms with Crippen molar-refractivity contribution in [2.45, 2.75) is 252 Å². The molecular weight excluding hydrogens is 841 g/mol. The number of ether oxygens (including phenoxy) is 3. The summed E-state index contributed by atoms with van der Waals surface area (Å²) >= 11 is 0. The van der Waals surface area contributed by atoms with Crippen LogP contribution in [0.1, 0.15) is 245 Å². The Morgan fingerprint density at radius 3 is 0.912 bits per heavy atom. The lowest BCUT2D eigenvalue weighted by atomic mass is 10.1. The molecule has 0 N–H and O–H groups in total. The standard InChI is InChI=1S/C62H102O6/c1-4-7-10-13-16-19-22-25-28-30-31-33-34-37-40-43-46-49-52-55-61(64)67-58-59(57-66-60(63)54-51-48-45-42-39-36-27-24-21-18-15-12-9-6-3)68-62(65)56-53-50-47-44-41-38-35-32-29-26-23-20-17-14-11-8-5-2/h7,9-10,12,16-21,25-26,28-29,31,33,37,40,59H,4-6,8,11,13-15,22-24,27,30,32,34-36,38-39,41-58H2,1-3H3/b10-7-,12-9-,19-16-,20-17-,21-18-,28-25-,29-26-,33-31-,40-37-. The Balaban J connectivity index is 4.48. The van der Waals surface area contributed by atoms with Crippen molar-refractivity contribution in [2.75, 3.05) is 13.2 Å². The molecule has 1 unspecified atom stereocenters. The molecular formula is C62H102O6. The molecule has 6 nitrogen and oxygen atoms in total. The maximum Gasteiger partial charge on any atom is 0.306 e. The Labute approximate surface area is 419 Å². The van der Waals surface area contributed by atoms with Gasteiger partial charge < -0.3 is 14.2 Å². The topological polar surface area (TPSA) is 78.9 Å². The van der Waals surface area contributed by atoms with Crippen molar-refractivity contribution in [3.8, 4) is 0 Å². The van der Waals surface area contributed by atoms with E-state index < -0.39 is 6.10 Å². The van der Waals surface area contributed by atoms with Crippen LogP contribution >= 0.6 is 0 Å². The molecule has 0 heterocycles. The third-order valence-electron chi connectivity index (χ3n) is 11.5. The average Bonchev–Trinajstić information content (AvgIpc) is 3.34. The highest BCUT2D eigenvalue weighted by Crippen LogP contribution is 2.14. The van der Waals surface area contributed by atoms with Crippen LogP contribution in [0, 0.1) is 0 Å². The van der Waals surface area contributed by atoms with E-state index >= 15 is 0 Å². The summed E-state index contributed by atoms with van der Waals surface area (Å²) in [5.41, 5.74) is 0. The van der Waals surface area contributed by atoms with E-state index in [0.717, 1.165) is 128 Å². The van der Waals surface area contributed by atoms with Gasteiger partial charge in [0.25, 0.3) is 0 Å². The van der Waals surface area contributed by atoms with Crippen LogP contribution in [-0.2, 0) is 28.6 Å². The minimum atomic E-state index is -0.802. The van der Waals surface area contributed by atoms with E-state index in [0.29, 0.717) is 19.3 Å². The van der Waals surface area contributed by atoms with Crippen LogP contribution in [0.3, 0.4) is 0 Å². The first kappa shape index (κ1) is 64.1. The van der Waals surface area contributed by atoms with Crippen molar-refractivity contribution in [3.05, 3.63) is 109 Å². The highest BCUT2D eigenvalue weighted by Gasteiger charge is 2.19. The second-order valence-electron chi connectivity index (χ2n) is 18.1. The monoisotopic (exact) mass is 943 g/mol. The van der Waals surface area contributed by atoms with Gasteiger partial charge in [0.15, 0.2) is 6.10 Å². The van der Waals surface area contributed by atoms with E-state index in [1.165, 1.54) is 77.0 Å². The molecule has 0 saturated carbocycles. The summed E-state index contributed by atoms with van der Waals surface area (Å²) in [5.74, 6) is -0.948. The molecule has 0 aliphatic heterocycles. The first-order chi connectivity index (χ1) is 33.5. The van der Waals surface area contributed by atoms with Gasteiger partial charge in [-0.2, -0.15) is 0 Å². The summed E-state index contributed by atoms with van der Waals surface area (Å²) < 4.78 is 16.8. The second kappa shape index (κ2) is 55.7. The molecule has 6 heteroatoms. The molecule has 0 fully saturated rings. The summed E-state index contributed by atoms with van der Waals surface area (Å²) in [7, 11) is 0. The van der Waals surface area contributed by atoms with Gasteiger partial charge in [-0.05, 0) is 122 Å². The zero-order chi connectivity index (χ0) is 49.3. The van der Waals surface area contributed by atoms with Gasteiger partial charge in [-0.1, -0.05) is 214 Å². The van der Waals surface area contributed by atoms with Gasteiger partial charge in [0.05, 0.1) is 0 Å². The van der Waals surface area contributed by atoms with Gasteiger partial charge in [0.2, 0.25) is 0 Å². The van der Waals surface area contributed by atoms with E-state index in [-0.39, 0.29) is 31.1 Å². The molecule has 0 aliphatic carbocycles. The third-order valence-corrected chi connectivity index (χ3v) is 11.5. The number of unbranched alkanes of at least 4 members (excludes halogenated alkanes) is 20. The molecule has 0 aromatic carbocycles. The van der Waals surface area contributed by atoms with Crippen LogP contribution in [0.25, 0.3) is 0 Å². The normalized spacial score (nSPS) is 12.9. The molecule has 386 valence electrons. The lowest BCUT2D eigenvalue weighted by Crippen LogP contribution is -2.30. The van der Waals surface area contributed by atoms with E-state index in [9.17, 15) is 14.4 Å². The number of carbonyl (C=O) groups is 3. The second-order valence-corrected chi connectivity index (χ2v) is 18.1. The minimum absolute atomic E-state index is 0.0978. The number of hydrogen-bond donors (Lipinski definition) is 0. The van der Waals surface area contributed by atoms with Gasteiger partial charge in [-0.15, -0.1) is 0 Å². The summed E-state index contributed by atoms with van der Waals surface area (Å²) in [6.45, 7) is 6.35. The van der Waals surface area contributed by atoms with Crippen molar-refractivity contribution < 1.29 is 28.6 Å². The molecule has 0 spiro atoms. The quantitative estimate of drug-likeness (QED) is 0.0262. The highest BCUT2D eigenvalue weighted by atomic mass is 16.6. The maximum absolute atomic E-state index is 12.8. The van der Waals surface area contributed by atoms with Crippen LogP contribution in [-0.4, -0.2) is 37.2 Å².